The van der Waals surface area contributed by atoms with E-state index in [4.69, 9.17) is 0 Å². The number of thioether (sulfide) groups is 2. The van der Waals surface area contributed by atoms with Gasteiger partial charge in [0.25, 0.3) is 0 Å². The Morgan fingerprint density at radius 2 is 2.05 bits per heavy atom. The van der Waals surface area contributed by atoms with Crippen LogP contribution in [-0.2, 0) is 4.79 Å². The van der Waals surface area contributed by atoms with E-state index in [-0.39, 0.29) is 11.2 Å². The minimum Gasteiger partial charge on any atom is -0.352 e. The molecule has 1 aliphatic carbocycles. The highest BCUT2D eigenvalue weighted by Gasteiger charge is 2.29. The van der Waals surface area contributed by atoms with Gasteiger partial charge in [-0.2, -0.15) is 0 Å². The Balaban J connectivity index is 1.76. The number of amides is 1. The summed E-state index contributed by atoms with van der Waals surface area (Å²) >= 11 is 4.72. The van der Waals surface area contributed by atoms with Crippen molar-refractivity contribution >= 4 is 40.8 Å². The second-order valence-corrected chi connectivity index (χ2v) is 8.80. The van der Waals surface area contributed by atoms with E-state index in [0.717, 1.165) is 32.8 Å². The summed E-state index contributed by atoms with van der Waals surface area (Å²) in [6, 6.07) is 10.2. The van der Waals surface area contributed by atoms with E-state index >= 15 is 0 Å². The van der Waals surface area contributed by atoms with Crippen molar-refractivity contribution in [2.45, 2.75) is 39.7 Å². The fourth-order valence-electron chi connectivity index (χ4n) is 1.93. The zero-order valence-corrected chi connectivity index (χ0v) is 14.6. The van der Waals surface area contributed by atoms with Crippen LogP contribution in [-0.4, -0.2) is 27.9 Å². The lowest BCUT2D eigenvalue weighted by molar-refractivity contribution is -0.120. The summed E-state index contributed by atoms with van der Waals surface area (Å²) in [5.74, 6) is 1.04. The first-order valence-electron chi connectivity index (χ1n) is 7.24. The molecule has 0 radical (unpaired) electrons. The minimum absolute atomic E-state index is 0.0681. The predicted octanol–water partition coefficient (Wildman–Crippen LogP) is 3.76. The summed E-state index contributed by atoms with van der Waals surface area (Å²) < 4.78 is 1.80. The molecule has 1 N–H and O–H groups in total. The monoisotopic (exact) mass is 351 g/mol. The van der Waals surface area contributed by atoms with Crippen LogP contribution in [0.4, 0.5) is 0 Å². The van der Waals surface area contributed by atoms with Crippen molar-refractivity contribution in [1.82, 2.24) is 15.5 Å². The molecule has 3 rings (SSSR count). The van der Waals surface area contributed by atoms with Gasteiger partial charge in [-0.3, -0.25) is 4.79 Å². The highest BCUT2D eigenvalue weighted by atomic mass is 32.2. The van der Waals surface area contributed by atoms with Crippen molar-refractivity contribution in [3.63, 3.8) is 0 Å². The molecule has 0 spiro atoms. The summed E-state index contributed by atoms with van der Waals surface area (Å²) in [7, 11) is 0. The van der Waals surface area contributed by atoms with Crippen molar-refractivity contribution in [3.8, 4) is 0 Å². The van der Waals surface area contributed by atoms with Crippen LogP contribution in [0.5, 0.6) is 0 Å². The van der Waals surface area contributed by atoms with E-state index in [2.05, 4.69) is 22.4 Å². The van der Waals surface area contributed by atoms with E-state index in [1.807, 2.05) is 30.3 Å². The number of nitrogens with zero attached hydrogens (tertiary/aromatic N) is 2. The molecule has 1 heterocycles. The largest absolute Gasteiger partial charge is 0.352 e. The van der Waals surface area contributed by atoms with Crippen molar-refractivity contribution in [2.24, 2.45) is 0 Å². The lowest BCUT2D eigenvalue weighted by Gasteiger charge is -2.15. The SMILES string of the molecule is CCSc1nnc(S[C@@H](C(=O)NC2CC2)c2ccccc2)s1. The molecule has 116 valence electrons. The van der Waals surface area contributed by atoms with Crippen LogP contribution in [0.1, 0.15) is 30.6 Å². The lowest BCUT2D eigenvalue weighted by Crippen LogP contribution is -2.29. The van der Waals surface area contributed by atoms with Gasteiger partial charge in [0.2, 0.25) is 5.91 Å². The highest BCUT2D eigenvalue weighted by Crippen LogP contribution is 2.39. The molecule has 7 heteroatoms. The molecule has 1 aromatic heterocycles. The van der Waals surface area contributed by atoms with Crippen LogP contribution in [0, 0.1) is 0 Å². The smallest absolute Gasteiger partial charge is 0.238 e. The van der Waals surface area contributed by atoms with E-state index in [1.54, 1.807) is 23.1 Å². The second-order valence-electron chi connectivity index (χ2n) is 4.96. The molecule has 0 bridgehead atoms. The Morgan fingerprint density at radius 3 is 2.73 bits per heavy atom. The Morgan fingerprint density at radius 1 is 1.32 bits per heavy atom. The standard InChI is InChI=1S/C15H17N3OS3/c1-2-20-14-17-18-15(22-14)21-12(10-6-4-3-5-7-10)13(19)16-11-8-9-11/h3-7,11-12H,2,8-9H2,1H3,(H,16,19)/t12-/m1/s1. The van der Waals surface area contributed by atoms with Gasteiger partial charge in [0, 0.05) is 6.04 Å². The Hall–Kier alpha value is -1.05. The highest BCUT2D eigenvalue weighted by molar-refractivity contribution is 8.03. The lowest BCUT2D eigenvalue weighted by atomic mass is 10.1. The fraction of sp³-hybridized carbons (Fsp3) is 0.400. The molecule has 22 heavy (non-hydrogen) atoms. The molecule has 1 aliphatic rings. The molecule has 1 fully saturated rings. The number of rotatable bonds is 7. The molecular weight excluding hydrogens is 334 g/mol. The third-order valence-electron chi connectivity index (χ3n) is 3.14. The molecular formula is C15H17N3OS3. The van der Waals surface area contributed by atoms with Gasteiger partial charge < -0.3 is 5.32 Å². The van der Waals surface area contributed by atoms with Crippen molar-refractivity contribution in [1.29, 1.82) is 0 Å². The fourth-order valence-corrected chi connectivity index (χ4v) is 5.05. The summed E-state index contributed by atoms with van der Waals surface area (Å²) in [6.45, 7) is 2.09. The summed E-state index contributed by atoms with van der Waals surface area (Å²) in [4.78, 5) is 12.6. The van der Waals surface area contributed by atoms with Gasteiger partial charge in [0.1, 0.15) is 5.25 Å². The normalized spacial score (nSPS) is 15.5. The molecule has 0 aliphatic heterocycles. The molecule has 1 saturated carbocycles. The average molecular weight is 352 g/mol. The van der Waals surface area contributed by atoms with Gasteiger partial charge in [-0.15, -0.1) is 10.2 Å². The van der Waals surface area contributed by atoms with Gasteiger partial charge in [-0.05, 0) is 24.2 Å². The number of carbonyl (C=O) groups excluding carboxylic acids is 1. The minimum atomic E-state index is -0.269. The zero-order valence-electron chi connectivity index (χ0n) is 12.2. The predicted molar refractivity (Wildman–Crippen MR) is 92.5 cm³/mol. The van der Waals surface area contributed by atoms with E-state index in [1.165, 1.54) is 11.8 Å². The number of carbonyl (C=O) groups is 1. The third-order valence-corrected chi connectivity index (χ3v) is 6.42. The topological polar surface area (TPSA) is 54.9 Å². The maximum Gasteiger partial charge on any atom is 0.238 e. The van der Waals surface area contributed by atoms with Crippen molar-refractivity contribution in [3.05, 3.63) is 35.9 Å². The van der Waals surface area contributed by atoms with Gasteiger partial charge in [-0.25, -0.2) is 0 Å². The molecule has 0 unspecified atom stereocenters. The van der Waals surface area contributed by atoms with E-state index < -0.39 is 0 Å². The number of benzene rings is 1. The number of nitrogens with one attached hydrogen (secondary N) is 1. The van der Waals surface area contributed by atoms with Gasteiger partial charge in [-0.1, -0.05) is 72.1 Å². The maximum absolute atomic E-state index is 12.6. The quantitative estimate of drug-likeness (QED) is 0.770. The van der Waals surface area contributed by atoms with Crippen LogP contribution in [0.3, 0.4) is 0 Å². The third kappa shape index (κ3) is 4.24. The molecule has 1 aromatic carbocycles. The Kier molecular flexibility index (Phi) is 5.38. The van der Waals surface area contributed by atoms with Crippen LogP contribution in [0.15, 0.2) is 39.0 Å². The van der Waals surface area contributed by atoms with Gasteiger partial charge in [0.05, 0.1) is 0 Å². The van der Waals surface area contributed by atoms with Crippen LogP contribution in [0.25, 0.3) is 0 Å². The van der Waals surface area contributed by atoms with E-state index in [0.29, 0.717) is 6.04 Å². The van der Waals surface area contributed by atoms with Gasteiger partial charge >= 0.3 is 0 Å². The molecule has 1 amide bonds. The first-order chi connectivity index (χ1) is 10.8. The van der Waals surface area contributed by atoms with Crippen LogP contribution in [0.2, 0.25) is 0 Å². The number of hydrogen-bond acceptors (Lipinski definition) is 6. The van der Waals surface area contributed by atoms with Crippen LogP contribution >= 0.6 is 34.9 Å². The van der Waals surface area contributed by atoms with Crippen molar-refractivity contribution in [2.75, 3.05) is 5.75 Å². The zero-order chi connectivity index (χ0) is 15.4. The molecule has 2 aromatic rings. The summed E-state index contributed by atoms with van der Waals surface area (Å²) in [6.07, 6.45) is 2.18. The van der Waals surface area contributed by atoms with E-state index in [9.17, 15) is 4.79 Å². The number of hydrogen-bond donors (Lipinski definition) is 1. The Labute approximate surface area is 142 Å². The van der Waals surface area contributed by atoms with Gasteiger partial charge in [0.15, 0.2) is 8.68 Å². The average Bonchev–Trinajstić information content (AvgIpc) is 3.23. The first-order valence-corrected chi connectivity index (χ1v) is 9.92. The van der Waals surface area contributed by atoms with Crippen molar-refractivity contribution < 1.29 is 4.79 Å². The summed E-state index contributed by atoms with van der Waals surface area (Å²) in [5.41, 5.74) is 1.01. The molecule has 1 atom stereocenters. The van der Waals surface area contributed by atoms with Crippen LogP contribution < -0.4 is 5.32 Å². The Bertz CT molecular complexity index is 628. The molecule has 4 nitrogen and oxygen atoms in total. The number of aromatic nitrogens is 2. The maximum atomic E-state index is 12.6. The summed E-state index contributed by atoms with van der Waals surface area (Å²) in [5, 5.41) is 11.2. The second kappa shape index (κ2) is 7.48. The molecule has 0 saturated heterocycles. The first kappa shape index (κ1) is 15.8.